The smallest absolute Gasteiger partial charge is 0.306 e. The first kappa shape index (κ1) is 22.9. The van der Waals surface area contributed by atoms with Crippen LogP contribution in [0.25, 0.3) is 0 Å². The number of amides is 1. The fraction of sp³-hybridized carbons (Fsp3) is 0.391. The van der Waals surface area contributed by atoms with Gasteiger partial charge in [-0.2, -0.15) is 5.26 Å². The van der Waals surface area contributed by atoms with Crippen LogP contribution in [0.5, 0.6) is 0 Å². The molecule has 0 radical (unpaired) electrons. The summed E-state index contributed by atoms with van der Waals surface area (Å²) in [5, 5.41) is 12.0. The molecule has 1 heterocycles. The van der Waals surface area contributed by atoms with E-state index in [0.29, 0.717) is 23.4 Å². The molecular weight excluding hydrogens is 382 g/mol. The van der Waals surface area contributed by atoms with Gasteiger partial charge in [0.15, 0.2) is 6.10 Å². The van der Waals surface area contributed by atoms with E-state index in [1.165, 1.54) is 6.92 Å². The molecule has 2 aromatic rings. The molecule has 0 saturated heterocycles. The number of nitriles is 1. The Labute approximate surface area is 176 Å². The molecule has 0 fully saturated rings. The number of anilines is 1. The average Bonchev–Trinajstić information content (AvgIpc) is 2.68. The molecule has 30 heavy (non-hydrogen) atoms. The van der Waals surface area contributed by atoms with E-state index in [-0.39, 0.29) is 17.9 Å². The average molecular weight is 409 g/mol. The van der Waals surface area contributed by atoms with Gasteiger partial charge in [-0.05, 0) is 55.9 Å². The fourth-order valence-electron chi connectivity index (χ4n) is 3.31. The number of nitrogens with one attached hydrogen (secondary N) is 2. The number of para-hydroxylation sites is 1. The van der Waals surface area contributed by atoms with E-state index in [2.05, 4.69) is 10.3 Å². The van der Waals surface area contributed by atoms with Crippen molar-refractivity contribution in [3.8, 4) is 6.07 Å². The van der Waals surface area contributed by atoms with Crippen molar-refractivity contribution in [3.63, 3.8) is 0 Å². The van der Waals surface area contributed by atoms with Gasteiger partial charge in [0.05, 0.1) is 0 Å². The molecule has 0 aliphatic heterocycles. The molecule has 0 unspecified atom stereocenters. The summed E-state index contributed by atoms with van der Waals surface area (Å²) >= 11 is 0. The van der Waals surface area contributed by atoms with Gasteiger partial charge in [0.1, 0.15) is 11.6 Å². The van der Waals surface area contributed by atoms with Crippen LogP contribution in [-0.4, -0.2) is 23.0 Å². The van der Waals surface area contributed by atoms with Crippen molar-refractivity contribution in [1.29, 1.82) is 5.26 Å². The van der Waals surface area contributed by atoms with E-state index in [9.17, 15) is 14.4 Å². The van der Waals surface area contributed by atoms with E-state index < -0.39 is 23.5 Å². The number of rotatable bonds is 7. The van der Waals surface area contributed by atoms with Gasteiger partial charge in [-0.1, -0.05) is 32.0 Å². The number of ether oxygens (including phenoxy) is 1. The summed E-state index contributed by atoms with van der Waals surface area (Å²) in [4.78, 5) is 39.2. The Balaban J connectivity index is 2.00. The molecule has 7 heteroatoms. The molecule has 7 nitrogen and oxygen atoms in total. The number of aromatic amines is 1. The predicted molar refractivity (Wildman–Crippen MR) is 114 cm³/mol. The van der Waals surface area contributed by atoms with E-state index in [4.69, 9.17) is 10.00 Å². The van der Waals surface area contributed by atoms with Gasteiger partial charge in [-0.15, -0.1) is 0 Å². The van der Waals surface area contributed by atoms with Crippen molar-refractivity contribution in [2.45, 2.75) is 59.5 Å². The predicted octanol–water partition coefficient (Wildman–Crippen LogP) is 3.49. The molecule has 1 aromatic heterocycles. The summed E-state index contributed by atoms with van der Waals surface area (Å²) in [6, 6.07) is 9.40. The Morgan fingerprint density at radius 2 is 1.87 bits per heavy atom. The van der Waals surface area contributed by atoms with Gasteiger partial charge in [0.2, 0.25) is 0 Å². The van der Waals surface area contributed by atoms with Crippen LogP contribution in [-0.2, 0) is 20.7 Å². The van der Waals surface area contributed by atoms with E-state index in [1.54, 1.807) is 13.8 Å². The lowest BCUT2D eigenvalue weighted by Gasteiger charge is -2.17. The maximum atomic E-state index is 12.5. The summed E-state index contributed by atoms with van der Waals surface area (Å²) in [6.45, 7) is 9.00. The molecule has 2 rings (SSSR count). The molecule has 2 N–H and O–H groups in total. The van der Waals surface area contributed by atoms with E-state index in [1.807, 2.05) is 44.2 Å². The van der Waals surface area contributed by atoms with Gasteiger partial charge < -0.3 is 15.0 Å². The highest BCUT2D eigenvalue weighted by molar-refractivity contribution is 5.95. The zero-order chi connectivity index (χ0) is 22.4. The van der Waals surface area contributed by atoms with Crippen LogP contribution < -0.4 is 10.9 Å². The lowest BCUT2D eigenvalue weighted by Crippen LogP contribution is -2.30. The lowest BCUT2D eigenvalue weighted by atomic mass is 9.99. The highest BCUT2D eigenvalue weighted by Gasteiger charge is 2.20. The number of benzene rings is 1. The number of pyridine rings is 1. The summed E-state index contributed by atoms with van der Waals surface area (Å²) < 4.78 is 5.28. The van der Waals surface area contributed by atoms with Gasteiger partial charge in [0, 0.05) is 17.8 Å². The summed E-state index contributed by atoms with van der Waals surface area (Å²) in [7, 11) is 0. The minimum atomic E-state index is -0.954. The number of hydrogen-bond acceptors (Lipinski definition) is 5. The van der Waals surface area contributed by atoms with Crippen LogP contribution in [0.1, 0.15) is 61.1 Å². The monoisotopic (exact) mass is 409 g/mol. The third-order valence-corrected chi connectivity index (χ3v) is 5.02. The van der Waals surface area contributed by atoms with Crippen molar-refractivity contribution in [1.82, 2.24) is 4.98 Å². The van der Waals surface area contributed by atoms with Gasteiger partial charge in [-0.3, -0.25) is 14.4 Å². The molecular formula is C23H27N3O4. The van der Waals surface area contributed by atoms with Crippen molar-refractivity contribution >= 4 is 17.6 Å². The first-order chi connectivity index (χ1) is 14.1. The molecule has 1 amide bonds. The highest BCUT2D eigenvalue weighted by atomic mass is 16.5. The van der Waals surface area contributed by atoms with Crippen molar-refractivity contribution < 1.29 is 14.3 Å². The Morgan fingerprint density at radius 3 is 2.50 bits per heavy atom. The number of H-pyrrole nitrogens is 1. The van der Waals surface area contributed by atoms with Crippen LogP contribution in [0.3, 0.4) is 0 Å². The molecule has 0 spiro atoms. The highest BCUT2D eigenvalue weighted by Crippen LogP contribution is 2.24. The maximum Gasteiger partial charge on any atom is 0.306 e. The quantitative estimate of drug-likeness (QED) is 0.680. The largest absolute Gasteiger partial charge is 0.453 e. The van der Waals surface area contributed by atoms with Crippen LogP contribution in [0.2, 0.25) is 0 Å². The van der Waals surface area contributed by atoms with Crippen LogP contribution >= 0.6 is 0 Å². The second kappa shape index (κ2) is 9.88. The van der Waals surface area contributed by atoms with Crippen LogP contribution in [0.4, 0.5) is 5.69 Å². The minimum absolute atomic E-state index is 0.0266. The molecule has 0 bridgehead atoms. The SMILES string of the molecule is Cc1[nH]c(=O)c(C#N)c(C)c1CCC(=O)O[C@H](C)C(=O)Nc1ccccc1C(C)C. The second-order valence-corrected chi connectivity index (χ2v) is 7.53. The number of esters is 1. The van der Waals surface area contributed by atoms with Crippen molar-refractivity contribution in [2.75, 3.05) is 5.32 Å². The van der Waals surface area contributed by atoms with Crippen LogP contribution in [0.15, 0.2) is 29.1 Å². The Kier molecular flexibility index (Phi) is 7.54. The number of carbonyl (C=O) groups excluding carboxylic acids is 2. The zero-order valence-corrected chi connectivity index (χ0v) is 18.0. The van der Waals surface area contributed by atoms with Gasteiger partial charge in [-0.25, -0.2) is 0 Å². The molecule has 0 aliphatic carbocycles. The topological polar surface area (TPSA) is 112 Å². The number of carbonyl (C=O) groups is 2. The molecule has 0 aliphatic rings. The summed E-state index contributed by atoms with van der Waals surface area (Å²) in [6.07, 6.45) is -0.629. The van der Waals surface area contributed by atoms with Crippen molar-refractivity contribution in [2.24, 2.45) is 0 Å². The molecule has 1 atom stereocenters. The fourth-order valence-corrected chi connectivity index (χ4v) is 3.31. The van der Waals surface area contributed by atoms with E-state index in [0.717, 1.165) is 11.1 Å². The summed E-state index contributed by atoms with van der Waals surface area (Å²) in [5.74, 6) is -0.695. The third-order valence-electron chi connectivity index (χ3n) is 5.02. The minimum Gasteiger partial charge on any atom is -0.453 e. The number of hydrogen-bond donors (Lipinski definition) is 2. The molecule has 1 aromatic carbocycles. The first-order valence-corrected chi connectivity index (χ1v) is 9.87. The van der Waals surface area contributed by atoms with Gasteiger partial charge >= 0.3 is 5.97 Å². The summed E-state index contributed by atoms with van der Waals surface area (Å²) in [5.41, 5.74) is 3.20. The second-order valence-electron chi connectivity index (χ2n) is 7.53. The standard InChI is InChI=1S/C23H27N3O4/c1-13(2)17-8-6-7-9-20(17)26-22(28)16(5)30-21(27)11-10-18-14(3)19(12-24)23(29)25-15(18)4/h6-9,13,16H,10-11H2,1-5H3,(H,25,29)(H,26,28)/t16-/m1/s1. The van der Waals surface area contributed by atoms with Crippen molar-refractivity contribution in [3.05, 3.63) is 62.6 Å². The third kappa shape index (κ3) is 5.35. The normalized spacial score (nSPS) is 11.6. The van der Waals surface area contributed by atoms with E-state index >= 15 is 0 Å². The maximum absolute atomic E-state index is 12.5. The first-order valence-electron chi connectivity index (χ1n) is 9.87. The molecule has 158 valence electrons. The van der Waals surface area contributed by atoms with Crippen LogP contribution in [0, 0.1) is 25.2 Å². The number of aromatic nitrogens is 1. The Hall–Kier alpha value is -3.40. The lowest BCUT2D eigenvalue weighted by molar-refractivity contribution is -0.153. The zero-order valence-electron chi connectivity index (χ0n) is 18.0. The Morgan fingerprint density at radius 1 is 1.20 bits per heavy atom. The molecule has 0 saturated carbocycles. The number of nitrogens with zero attached hydrogens (tertiary/aromatic N) is 1. The number of aryl methyl sites for hydroxylation is 1. The Bertz CT molecular complexity index is 1050. The van der Waals surface area contributed by atoms with Gasteiger partial charge in [0.25, 0.3) is 11.5 Å².